The first-order valence-corrected chi connectivity index (χ1v) is 3.96. The molecule has 1 rings (SSSR count). The molecule has 60 valence electrons. The Bertz CT molecular complexity index is 91.9. The van der Waals surface area contributed by atoms with Crippen molar-refractivity contribution in [2.24, 2.45) is 5.41 Å². The third-order valence-electron chi connectivity index (χ3n) is 2.18. The Morgan fingerprint density at radius 1 is 1.60 bits per heavy atom. The zero-order chi connectivity index (χ0) is 7.45. The van der Waals surface area contributed by atoms with Gasteiger partial charge in [-0.1, -0.05) is 6.92 Å². The van der Waals surface area contributed by atoms with Crippen molar-refractivity contribution in [1.82, 2.24) is 5.32 Å². The van der Waals surface area contributed by atoms with Gasteiger partial charge in [-0.05, 0) is 19.4 Å². The van der Waals surface area contributed by atoms with E-state index in [0.29, 0.717) is 5.41 Å². The van der Waals surface area contributed by atoms with Gasteiger partial charge >= 0.3 is 0 Å². The topological polar surface area (TPSA) is 21.3 Å². The first-order valence-electron chi connectivity index (χ1n) is 3.96. The van der Waals surface area contributed by atoms with Gasteiger partial charge in [-0.25, -0.2) is 0 Å². The molecule has 1 heterocycles. The lowest BCUT2D eigenvalue weighted by Crippen LogP contribution is -2.40. The van der Waals surface area contributed by atoms with Gasteiger partial charge in [0.15, 0.2) is 0 Å². The van der Waals surface area contributed by atoms with Gasteiger partial charge in [0.1, 0.15) is 0 Å². The SMILES string of the molecule is COCC1(C)CCCNC1. The summed E-state index contributed by atoms with van der Waals surface area (Å²) < 4.78 is 5.14. The molecule has 1 fully saturated rings. The Labute approximate surface area is 63.0 Å². The minimum absolute atomic E-state index is 0.396. The van der Waals surface area contributed by atoms with Crippen molar-refractivity contribution >= 4 is 0 Å². The second-order valence-electron chi connectivity index (χ2n) is 3.52. The third kappa shape index (κ3) is 1.96. The predicted molar refractivity (Wildman–Crippen MR) is 42.1 cm³/mol. The van der Waals surface area contributed by atoms with E-state index in [-0.39, 0.29) is 0 Å². The lowest BCUT2D eigenvalue weighted by atomic mass is 9.84. The molecule has 0 amide bonds. The fraction of sp³-hybridized carbons (Fsp3) is 1.00. The highest BCUT2D eigenvalue weighted by molar-refractivity contribution is 4.80. The Morgan fingerprint density at radius 2 is 2.40 bits per heavy atom. The van der Waals surface area contributed by atoms with Gasteiger partial charge in [0.25, 0.3) is 0 Å². The van der Waals surface area contributed by atoms with E-state index in [0.717, 1.165) is 13.2 Å². The van der Waals surface area contributed by atoms with Crippen LogP contribution >= 0.6 is 0 Å². The second-order valence-corrected chi connectivity index (χ2v) is 3.52. The van der Waals surface area contributed by atoms with E-state index in [9.17, 15) is 0 Å². The Morgan fingerprint density at radius 3 is 2.90 bits per heavy atom. The smallest absolute Gasteiger partial charge is 0.0528 e. The zero-order valence-corrected chi connectivity index (χ0v) is 6.94. The summed E-state index contributed by atoms with van der Waals surface area (Å²) >= 11 is 0. The molecule has 0 saturated carbocycles. The lowest BCUT2D eigenvalue weighted by molar-refractivity contribution is 0.0724. The average molecular weight is 143 g/mol. The quantitative estimate of drug-likeness (QED) is 0.623. The van der Waals surface area contributed by atoms with Gasteiger partial charge in [-0.2, -0.15) is 0 Å². The van der Waals surface area contributed by atoms with Gasteiger partial charge in [0.2, 0.25) is 0 Å². The minimum Gasteiger partial charge on any atom is -0.384 e. The van der Waals surface area contributed by atoms with Crippen molar-refractivity contribution in [1.29, 1.82) is 0 Å². The van der Waals surface area contributed by atoms with Crippen LogP contribution in [0.3, 0.4) is 0 Å². The maximum absolute atomic E-state index is 5.14. The fourth-order valence-corrected chi connectivity index (χ4v) is 1.59. The number of nitrogens with one attached hydrogen (secondary N) is 1. The molecule has 0 aromatic rings. The molecule has 2 heteroatoms. The third-order valence-corrected chi connectivity index (χ3v) is 2.18. The van der Waals surface area contributed by atoms with E-state index in [2.05, 4.69) is 12.2 Å². The molecular formula is C8H17NO. The van der Waals surface area contributed by atoms with E-state index >= 15 is 0 Å². The molecule has 1 aliphatic heterocycles. The van der Waals surface area contributed by atoms with E-state index in [4.69, 9.17) is 4.74 Å². The first kappa shape index (κ1) is 8.02. The number of hydrogen-bond donors (Lipinski definition) is 1. The van der Waals surface area contributed by atoms with Gasteiger partial charge in [0, 0.05) is 19.1 Å². The number of piperidine rings is 1. The van der Waals surface area contributed by atoms with Crippen molar-refractivity contribution in [3.05, 3.63) is 0 Å². The van der Waals surface area contributed by atoms with Crippen molar-refractivity contribution in [2.75, 3.05) is 26.8 Å². The number of rotatable bonds is 2. The molecule has 0 bridgehead atoms. The Hall–Kier alpha value is -0.0800. The van der Waals surface area contributed by atoms with Crippen LogP contribution < -0.4 is 5.32 Å². The summed E-state index contributed by atoms with van der Waals surface area (Å²) in [5.74, 6) is 0. The standard InChI is InChI=1S/C8H17NO/c1-8(7-10-2)4-3-5-9-6-8/h9H,3-7H2,1-2H3. The predicted octanol–water partition coefficient (Wildman–Crippen LogP) is 1.02. The number of hydrogen-bond acceptors (Lipinski definition) is 2. The molecule has 1 unspecified atom stereocenters. The Kier molecular flexibility index (Phi) is 2.69. The van der Waals surface area contributed by atoms with Crippen molar-refractivity contribution in [2.45, 2.75) is 19.8 Å². The van der Waals surface area contributed by atoms with Crippen molar-refractivity contribution < 1.29 is 4.74 Å². The molecule has 2 nitrogen and oxygen atoms in total. The summed E-state index contributed by atoms with van der Waals surface area (Å²) in [6.07, 6.45) is 2.59. The molecule has 10 heavy (non-hydrogen) atoms. The zero-order valence-electron chi connectivity index (χ0n) is 6.94. The highest BCUT2D eigenvalue weighted by Gasteiger charge is 2.25. The largest absolute Gasteiger partial charge is 0.384 e. The molecule has 0 aliphatic carbocycles. The van der Waals surface area contributed by atoms with Crippen LogP contribution in [-0.4, -0.2) is 26.8 Å². The highest BCUT2D eigenvalue weighted by Crippen LogP contribution is 2.24. The monoisotopic (exact) mass is 143 g/mol. The van der Waals surface area contributed by atoms with Crippen LogP contribution in [0.4, 0.5) is 0 Å². The van der Waals surface area contributed by atoms with E-state index in [1.54, 1.807) is 7.11 Å². The Balaban J connectivity index is 2.32. The van der Waals surface area contributed by atoms with E-state index in [1.165, 1.54) is 19.4 Å². The number of methoxy groups -OCH3 is 1. The maximum atomic E-state index is 5.14. The van der Waals surface area contributed by atoms with Crippen LogP contribution in [0.1, 0.15) is 19.8 Å². The van der Waals surface area contributed by atoms with E-state index in [1.807, 2.05) is 0 Å². The van der Waals surface area contributed by atoms with Gasteiger partial charge in [-0.15, -0.1) is 0 Å². The van der Waals surface area contributed by atoms with Crippen molar-refractivity contribution in [3.8, 4) is 0 Å². The normalized spacial score (nSPS) is 34.2. The molecule has 1 N–H and O–H groups in total. The van der Waals surface area contributed by atoms with Crippen LogP contribution in [-0.2, 0) is 4.74 Å². The minimum atomic E-state index is 0.396. The summed E-state index contributed by atoms with van der Waals surface area (Å²) in [6, 6.07) is 0. The molecule has 0 spiro atoms. The lowest BCUT2D eigenvalue weighted by Gasteiger charge is -2.33. The first-order chi connectivity index (χ1) is 4.77. The highest BCUT2D eigenvalue weighted by atomic mass is 16.5. The average Bonchev–Trinajstić information content (AvgIpc) is 1.89. The van der Waals surface area contributed by atoms with Crippen LogP contribution in [0, 0.1) is 5.41 Å². The maximum Gasteiger partial charge on any atom is 0.0528 e. The summed E-state index contributed by atoms with van der Waals surface area (Å²) in [5.41, 5.74) is 0.396. The summed E-state index contributed by atoms with van der Waals surface area (Å²) in [7, 11) is 1.78. The summed E-state index contributed by atoms with van der Waals surface area (Å²) in [4.78, 5) is 0. The number of ether oxygens (including phenoxy) is 1. The molecule has 1 aliphatic rings. The molecule has 1 atom stereocenters. The molecule has 0 aromatic heterocycles. The van der Waals surface area contributed by atoms with Gasteiger partial charge in [-0.3, -0.25) is 0 Å². The second kappa shape index (κ2) is 3.35. The van der Waals surface area contributed by atoms with E-state index < -0.39 is 0 Å². The van der Waals surface area contributed by atoms with Gasteiger partial charge < -0.3 is 10.1 Å². The molecule has 0 aromatic carbocycles. The summed E-state index contributed by atoms with van der Waals surface area (Å²) in [5, 5.41) is 3.38. The summed E-state index contributed by atoms with van der Waals surface area (Å²) in [6.45, 7) is 5.46. The van der Waals surface area contributed by atoms with Crippen LogP contribution in [0.15, 0.2) is 0 Å². The van der Waals surface area contributed by atoms with Crippen LogP contribution in [0.2, 0.25) is 0 Å². The van der Waals surface area contributed by atoms with Crippen molar-refractivity contribution in [3.63, 3.8) is 0 Å². The fourth-order valence-electron chi connectivity index (χ4n) is 1.59. The van der Waals surface area contributed by atoms with Gasteiger partial charge in [0.05, 0.1) is 6.61 Å². The van der Waals surface area contributed by atoms with Crippen LogP contribution in [0.5, 0.6) is 0 Å². The molecule has 0 radical (unpaired) electrons. The molecular weight excluding hydrogens is 126 g/mol. The molecule has 1 saturated heterocycles. The van der Waals surface area contributed by atoms with Crippen LogP contribution in [0.25, 0.3) is 0 Å².